The standard InChI is InChI=1S/C13H26N2O3/c1-9(2)8-15(10(3)4)13(18)14-7-6-11(5)12(16)17/h9-11H,6-8H2,1-5H3,(H,14,18)(H,16,17). The highest BCUT2D eigenvalue weighted by atomic mass is 16.4. The maximum atomic E-state index is 11.9. The average molecular weight is 258 g/mol. The Bertz CT molecular complexity index is 277. The third-order valence-electron chi connectivity index (χ3n) is 2.72. The summed E-state index contributed by atoms with van der Waals surface area (Å²) in [4.78, 5) is 24.4. The van der Waals surface area contributed by atoms with Gasteiger partial charge in [0.15, 0.2) is 0 Å². The molecule has 0 rings (SSSR count). The van der Waals surface area contributed by atoms with Crippen molar-refractivity contribution in [3.05, 3.63) is 0 Å². The minimum absolute atomic E-state index is 0.115. The molecule has 18 heavy (non-hydrogen) atoms. The Labute approximate surface area is 110 Å². The number of carboxylic acid groups (broad SMARTS) is 1. The second-order valence-corrected chi connectivity index (χ2v) is 5.40. The normalized spacial score (nSPS) is 12.6. The first-order valence-electron chi connectivity index (χ1n) is 6.53. The fraction of sp³-hybridized carbons (Fsp3) is 0.846. The molecule has 1 atom stereocenters. The zero-order chi connectivity index (χ0) is 14.3. The number of urea groups is 1. The molecule has 0 aliphatic rings. The largest absolute Gasteiger partial charge is 0.481 e. The fourth-order valence-electron chi connectivity index (χ4n) is 1.54. The molecule has 0 spiro atoms. The van der Waals surface area contributed by atoms with Gasteiger partial charge >= 0.3 is 12.0 Å². The smallest absolute Gasteiger partial charge is 0.317 e. The van der Waals surface area contributed by atoms with Gasteiger partial charge in [0.25, 0.3) is 0 Å². The highest BCUT2D eigenvalue weighted by molar-refractivity contribution is 5.74. The topological polar surface area (TPSA) is 69.6 Å². The van der Waals surface area contributed by atoms with E-state index in [9.17, 15) is 9.59 Å². The molecule has 2 N–H and O–H groups in total. The molecule has 106 valence electrons. The van der Waals surface area contributed by atoms with Crippen molar-refractivity contribution >= 4 is 12.0 Å². The van der Waals surface area contributed by atoms with E-state index in [1.54, 1.807) is 11.8 Å². The third-order valence-corrected chi connectivity index (χ3v) is 2.72. The van der Waals surface area contributed by atoms with Gasteiger partial charge in [-0.1, -0.05) is 20.8 Å². The minimum Gasteiger partial charge on any atom is -0.481 e. The lowest BCUT2D eigenvalue weighted by Crippen LogP contribution is -2.46. The molecule has 0 heterocycles. The summed E-state index contributed by atoms with van der Waals surface area (Å²) in [7, 11) is 0. The van der Waals surface area contributed by atoms with Crippen molar-refractivity contribution in [1.29, 1.82) is 0 Å². The maximum Gasteiger partial charge on any atom is 0.317 e. The lowest BCUT2D eigenvalue weighted by atomic mass is 10.1. The quantitative estimate of drug-likeness (QED) is 0.735. The van der Waals surface area contributed by atoms with Gasteiger partial charge in [-0.3, -0.25) is 4.79 Å². The molecule has 0 saturated carbocycles. The molecular weight excluding hydrogens is 232 g/mol. The Balaban J connectivity index is 4.15. The molecule has 2 amide bonds. The van der Waals surface area contributed by atoms with Crippen LogP contribution in [0.1, 0.15) is 41.0 Å². The summed E-state index contributed by atoms with van der Waals surface area (Å²) >= 11 is 0. The molecule has 0 aromatic rings. The number of rotatable bonds is 7. The highest BCUT2D eigenvalue weighted by Crippen LogP contribution is 2.05. The van der Waals surface area contributed by atoms with Crippen molar-refractivity contribution < 1.29 is 14.7 Å². The van der Waals surface area contributed by atoms with Crippen LogP contribution in [-0.4, -0.2) is 41.1 Å². The minimum atomic E-state index is -0.827. The Morgan fingerprint density at radius 2 is 1.72 bits per heavy atom. The molecule has 0 aliphatic heterocycles. The van der Waals surface area contributed by atoms with Gasteiger partial charge in [-0.2, -0.15) is 0 Å². The van der Waals surface area contributed by atoms with Gasteiger partial charge in [-0.25, -0.2) is 4.79 Å². The second kappa shape index (κ2) is 7.95. The molecule has 0 saturated heterocycles. The van der Waals surface area contributed by atoms with Crippen LogP contribution in [0.5, 0.6) is 0 Å². The van der Waals surface area contributed by atoms with Crippen molar-refractivity contribution in [2.75, 3.05) is 13.1 Å². The van der Waals surface area contributed by atoms with E-state index < -0.39 is 11.9 Å². The van der Waals surface area contributed by atoms with Gasteiger partial charge in [-0.15, -0.1) is 0 Å². The SMILES string of the molecule is CC(C)CN(C(=O)NCCC(C)C(=O)O)C(C)C. The lowest BCUT2D eigenvalue weighted by Gasteiger charge is -2.28. The van der Waals surface area contributed by atoms with Crippen LogP contribution in [-0.2, 0) is 4.79 Å². The Kier molecular flexibility index (Phi) is 7.39. The summed E-state index contributed by atoms with van der Waals surface area (Å²) in [5, 5.41) is 11.5. The second-order valence-electron chi connectivity index (χ2n) is 5.40. The predicted octanol–water partition coefficient (Wildman–Crippen LogP) is 2.17. The summed E-state index contributed by atoms with van der Waals surface area (Å²) in [5.74, 6) is -0.842. The summed E-state index contributed by atoms with van der Waals surface area (Å²) in [5.41, 5.74) is 0. The number of carbonyl (C=O) groups excluding carboxylic acids is 1. The van der Waals surface area contributed by atoms with Gasteiger partial charge < -0.3 is 15.3 Å². The van der Waals surface area contributed by atoms with Gasteiger partial charge in [0.1, 0.15) is 0 Å². The molecule has 0 bridgehead atoms. The number of amides is 2. The van der Waals surface area contributed by atoms with Crippen LogP contribution < -0.4 is 5.32 Å². The van der Waals surface area contributed by atoms with E-state index in [1.165, 1.54) is 0 Å². The Hall–Kier alpha value is -1.26. The molecule has 5 heteroatoms. The molecule has 5 nitrogen and oxygen atoms in total. The van der Waals surface area contributed by atoms with E-state index >= 15 is 0 Å². The van der Waals surface area contributed by atoms with Crippen LogP contribution in [0.3, 0.4) is 0 Å². The summed E-state index contributed by atoms with van der Waals surface area (Å²) in [6.07, 6.45) is 0.453. The van der Waals surface area contributed by atoms with Crippen LogP contribution in [0, 0.1) is 11.8 Å². The third kappa shape index (κ3) is 6.47. The van der Waals surface area contributed by atoms with E-state index in [1.807, 2.05) is 13.8 Å². The van der Waals surface area contributed by atoms with Crippen LogP contribution in [0.25, 0.3) is 0 Å². The molecule has 0 aromatic carbocycles. The van der Waals surface area contributed by atoms with Crippen molar-refractivity contribution in [3.8, 4) is 0 Å². The summed E-state index contributed by atoms with van der Waals surface area (Å²) in [6, 6.07) is 0.0283. The molecule has 0 aromatic heterocycles. The van der Waals surface area contributed by atoms with E-state index in [0.29, 0.717) is 25.4 Å². The van der Waals surface area contributed by atoms with Crippen LogP contribution >= 0.6 is 0 Å². The number of carboxylic acids is 1. The van der Waals surface area contributed by atoms with Crippen molar-refractivity contribution in [1.82, 2.24) is 10.2 Å². The van der Waals surface area contributed by atoms with Crippen LogP contribution in [0.4, 0.5) is 4.79 Å². The first kappa shape index (κ1) is 16.7. The van der Waals surface area contributed by atoms with Crippen molar-refractivity contribution in [3.63, 3.8) is 0 Å². The van der Waals surface area contributed by atoms with Gasteiger partial charge in [0, 0.05) is 19.1 Å². The lowest BCUT2D eigenvalue weighted by molar-refractivity contribution is -0.141. The number of aliphatic carboxylic acids is 1. The number of nitrogens with zero attached hydrogens (tertiary/aromatic N) is 1. The predicted molar refractivity (Wildman–Crippen MR) is 71.5 cm³/mol. The van der Waals surface area contributed by atoms with E-state index in [2.05, 4.69) is 19.2 Å². The van der Waals surface area contributed by atoms with E-state index in [-0.39, 0.29) is 12.1 Å². The fourth-order valence-corrected chi connectivity index (χ4v) is 1.54. The number of nitrogens with one attached hydrogen (secondary N) is 1. The van der Waals surface area contributed by atoms with E-state index in [4.69, 9.17) is 5.11 Å². The molecule has 0 radical (unpaired) electrons. The average Bonchev–Trinajstić information content (AvgIpc) is 2.24. The molecular formula is C13H26N2O3. The number of hydrogen-bond acceptors (Lipinski definition) is 2. The van der Waals surface area contributed by atoms with Gasteiger partial charge in [0.2, 0.25) is 0 Å². The van der Waals surface area contributed by atoms with Crippen LogP contribution in [0.15, 0.2) is 0 Å². The van der Waals surface area contributed by atoms with Gasteiger partial charge in [-0.05, 0) is 26.2 Å². The number of hydrogen-bond donors (Lipinski definition) is 2. The van der Waals surface area contributed by atoms with Crippen molar-refractivity contribution in [2.45, 2.75) is 47.1 Å². The zero-order valence-corrected chi connectivity index (χ0v) is 12.1. The Morgan fingerprint density at radius 3 is 2.11 bits per heavy atom. The zero-order valence-electron chi connectivity index (χ0n) is 12.1. The molecule has 0 aliphatic carbocycles. The number of carbonyl (C=O) groups is 2. The molecule has 0 fully saturated rings. The first-order valence-corrected chi connectivity index (χ1v) is 6.53. The van der Waals surface area contributed by atoms with E-state index in [0.717, 1.165) is 0 Å². The van der Waals surface area contributed by atoms with Gasteiger partial charge in [0.05, 0.1) is 5.92 Å². The summed E-state index contributed by atoms with van der Waals surface area (Å²) in [6.45, 7) is 10.8. The highest BCUT2D eigenvalue weighted by Gasteiger charge is 2.18. The molecule has 1 unspecified atom stereocenters. The Morgan fingerprint density at radius 1 is 1.17 bits per heavy atom. The van der Waals surface area contributed by atoms with Crippen LogP contribution in [0.2, 0.25) is 0 Å². The maximum absolute atomic E-state index is 11.9. The van der Waals surface area contributed by atoms with Crippen molar-refractivity contribution in [2.24, 2.45) is 11.8 Å². The monoisotopic (exact) mass is 258 g/mol. The summed E-state index contributed by atoms with van der Waals surface area (Å²) < 4.78 is 0. The first-order chi connectivity index (χ1) is 8.25.